The molecule has 0 bridgehead atoms. The number of benzene rings is 1. The first-order valence-corrected chi connectivity index (χ1v) is 6.24. The highest BCUT2D eigenvalue weighted by atomic mass is 16.1. The van der Waals surface area contributed by atoms with Crippen molar-refractivity contribution in [1.82, 2.24) is 4.90 Å². The minimum atomic E-state index is 0.393. The monoisotopic (exact) mass is 231 g/mol. The molecule has 3 nitrogen and oxygen atoms in total. The predicted octanol–water partition coefficient (Wildman–Crippen LogP) is 1.48. The van der Waals surface area contributed by atoms with Crippen molar-refractivity contribution in [2.24, 2.45) is 0 Å². The Morgan fingerprint density at radius 2 is 1.76 bits per heavy atom. The zero-order chi connectivity index (χ0) is 12.1. The first-order chi connectivity index (χ1) is 8.33. The molecule has 1 aromatic carbocycles. The van der Waals surface area contributed by atoms with Gasteiger partial charge in [-0.25, -0.2) is 0 Å². The van der Waals surface area contributed by atoms with Crippen molar-refractivity contribution in [3.05, 3.63) is 29.8 Å². The Morgan fingerprint density at radius 3 is 2.29 bits per heavy atom. The summed E-state index contributed by atoms with van der Waals surface area (Å²) in [7, 11) is 0. The Labute approximate surface area is 103 Å². The standard InChI is InChI=1S/C14H19N2O/c1-2-15-8-10-16(11-9-15)14-5-3-13(4-6-14)7-12-17/h3-6H,2,7-11H2,1H3. The van der Waals surface area contributed by atoms with Gasteiger partial charge in [-0.3, -0.25) is 4.79 Å². The number of rotatable bonds is 4. The summed E-state index contributed by atoms with van der Waals surface area (Å²) in [5.41, 5.74) is 2.30. The molecule has 1 aliphatic rings. The third-order valence-corrected chi connectivity index (χ3v) is 3.40. The zero-order valence-electron chi connectivity index (χ0n) is 10.4. The smallest absolute Gasteiger partial charge is 0.203 e. The van der Waals surface area contributed by atoms with Gasteiger partial charge in [0.05, 0.1) is 0 Å². The van der Waals surface area contributed by atoms with Gasteiger partial charge in [-0.05, 0) is 24.2 Å². The van der Waals surface area contributed by atoms with Crippen molar-refractivity contribution in [2.75, 3.05) is 37.6 Å². The Balaban J connectivity index is 1.96. The second-order valence-corrected chi connectivity index (χ2v) is 4.41. The molecule has 1 heterocycles. The summed E-state index contributed by atoms with van der Waals surface area (Å²) in [6.07, 6.45) is 2.32. The second-order valence-electron chi connectivity index (χ2n) is 4.41. The van der Waals surface area contributed by atoms with Crippen molar-refractivity contribution in [2.45, 2.75) is 13.3 Å². The molecule has 0 saturated carbocycles. The van der Waals surface area contributed by atoms with Gasteiger partial charge in [0.25, 0.3) is 0 Å². The molecular weight excluding hydrogens is 212 g/mol. The highest BCUT2D eigenvalue weighted by Crippen LogP contribution is 2.17. The number of piperazine rings is 1. The van der Waals surface area contributed by atoms with Crippen LogP contribution in [0.5, 0.6) is 0 Å². The molecule has 1 saturated heterocycles. The molecule has 0 unspecified atom stereocenters. The number of hydrogen-bond acceptors (Lipinski definition) is 3. The second kappa shape index (κ2) is 5.82. The maximum Gasteiger partial charge on any atom is 0.203 e. The lowest BCUT2D eigenvalue weighted by Gasteiger charge is -2.35. The van der Waals surface area contributed by atoms with E-state index in [-0.39, 0.29) is 0 Å². The van der Waals surface area contributed by atoms with E-state index in [1.807, 2.05) is 18.4 Å². The largest absolute Gasteiger partial charge is 0.369 e. The summed E-state index contributed by atoms with van der Waals surface area (Å²) < 4.78 is 0. The SMILES string of the molecule is CCN1CCN(c2ccc(C[C]=O)cc2)CC1. The van der Waals surface area contributed by atoms with Gasteiger partial charge in [-0.2, -0.15) is 0 Å². The quantitative estimate of drug-likeness (QED) is 0.784. The third-order valence-electron chi connectivity index (χ3n) is 3.40. The average Bonchev–Trinajstić information content (AvgIpc) is 2.40. The maximum absolute atomic E-state index is 10.3. The molecule has 0 aromatic heterocycles. The first kappa shape index (κ1) is 12.1. The minimum absolute atomic E-state index is 0.393. The van der Waals surface area contributed by atoms with Crippen LogP contribution in [0.4, 0.5) is 5.69 Å². The number of likely N-dealkylation sites (N-methyl/N-ethyl adjacent to an activating group) is 1. The van der Waals surface area contributed by atoms with Crippen LogP contribution in [-0.4, -0.2) is 43.9 Å². The molecule has 0 spiro atoms. The average molecular weight is 231 g/mol. The lowest BCUT2D eigenvalue weighted by molar-refractivity contribution is 0.271. The molecule has 0 aliphatic carbocycles. The van der Waals surface area contributed by atoms with Gasteiger partial charge in [0, 0.05) is 38.3 Å². The van der Waals surface area contributed by atoms with Crippen LogP contribution in [0, 0.1) is 0 Å². The van der Waals surface area contributed by atoms with Gasteiger partial charge < -0.3 is 9.80 Å². The molecule has 17 heavy (non-hydrogen) atoms. The summed E-state index contributed by atoms with van der Waals surface area (Å²) in [5.74, 6) is 0. The van der Waals surface area contributed by atoms with Crippen LogP contribution in [-0.2, 0) is 11.2 Å². The summed E-state index contributed by atoms with van der Waals surface area (Å²) in [6, 6.07) is 8.25. The molecule has 0 amide bonds. The normalized spacial score (nSPS) is 17.1. The maximum atomic E-state index is 10.3. The molecular formula is C14H19N2O. The van der Waals surface area contributed by atoms with E-state index in [0.29, 0.717) is 6.42 Å². The Kier molecular flexibility index (Phi) is 4.15. The van der Waals surface area contributed by atoms with Gasteiger partial charge in [-0.15, -0.1) is 0 Å². The lowest BCUT2D eigenvalue weighted by Crippen LogP contribution is -2.46. The van der Waals surface area contributed by atoms with Crippen LogP contribution in [0.15, 0.2) is 24.3 Å². The van der Waals surface area contributed by atoms with E-state index in [2.05, 4.69) is 28.9 Å². The summed E-state index contributed by atoms with van der Waals surface area (Å²) in [5, 5.41) is 0. The lowest BCUT2D eigenvalue weighted by atomic mass is 10.1. The van der Waals surface area contributed by atoms with Crippen LogP contribution < -0.4 is 4.90 Å². The topological polar surface area (TPSA) is 23.6 Å². The fourth-order valence-corrected chi connectivity index (χ4v) is 2.23. The van der Waals surface area contributed by atoms with E-state index in [1.165, 1.54) is 5.69 Å². The van der Waals surface area contributed by atoms with Gasteiger partial charge in [0.2, 0.25) is 6.29 Å². The van der Waals surface area contributed by atoms with Crippen molar-refractivity contribution < 1.29 is 4.79 Å². The van der Waals surface area contributed by atoms with Crippen molar-refractivity contribution in [1.29, 1.82) is 0 Å². The van der Waals surface area contributed by atoms with E-state index in [1.54, 1.807) is 0 Å². The molecule has 91 valence electrons. The van der Waals surface area contributed by atoms with E-state index >= 15 is 0 Å². The van der Waals surface area contributed by atoms with Crippen LogP contribution in [0.1, 0.15) is 12.5 Å². The molecule has 0 atom stereocenters. The Hall–Kier alpha value is -1.35. The molecule has 1 aromatic rings. The van der Waals surface area contributed by atoms with Crippen LogP contribution in [0.2, 0.25) is 0 Å². The first-order valence-electron chi connectivity index (χ1n) is 6.24. The minimum Gasteiger partial charge on any atom is -0.369 e. The van der Waals surface area contributed by atoms with Gasteiger partial charge in [-0.1, -0.05) is 19.1 Å². The van der Waals surface area contributed by atoms with E-state index < -0.39 is 0 Å². The molecule has 3 heteroatoms. The number of carbonyl (C=O) groups excluding carboxylic acids is 1. The highest BCUT2D eigenvalue weighted by Gasteiger charge is 2.15. The summed E-state index contributed by atoms with van der Waals surface area (Å²) in [4.78, 5) is 15.2. The number of hydrogen-bond donors (Lipinski definition) is 0. The zero-order valence-corrected chi connectivity index (χ0v) is 10.4. The fraction of sp³-hybridized carbons (Fsp3) is 0.500. The summed E-state index contributed by atoms with van der Waals surface area (Å²) in [6.45, 7) is 7.81. The Bertz CT molecular complexity index is 353. The molecule has 1 aliphatic heterocycles. The van der Waals surface area contributed by atoms with Crippen LogP contribution in [0.3, 0.4) is 0 Å². The van der Waals surface area contributed by atoms with Crippen LogP contribution in [0.25, 0.3) is 0 Å². The Morgan fingerprint density at radius 1 is 1.12 bits per heavy atom. The van der Waals surface area contributed by atoms with Crippen molar-refractivity contribution in [3.63, 3.8) is 0 Å². The van der Waals surface area contributed by atoms with E-state index in [0.717, 1.165) is 38.3 Å². The highest BCUT2D eigenvalue weighted by molar-refractivity contribution is 5.57. The molecule has 0 N–H and O–H groups in total. The van der Waals surface area contributed by atoms with Crippen molar-refractivity contribution >= 4 is 12.0 Å². The van der Waals surface area contributed by atoms with Gasteiger partial charge >= 0.3 is 0 Å². The van der Waals surface area contributed by atoms with Crippen LogP contribution >= 0.6 is 0 Å². The fourth-order valence-electron chi connectivity index (χ4n) is 2.23. The third kappa shape index (κ3) is 3.07. The van der Waals surface area contributed by atoms with Gasteiger partial charge in [0.15, 0.2) is 0 Å². The number of anilines is 1. The van der Waals surface area contributed by atoms with E-state index in [9.17, 15) is 4.79 Å². The van der Waals surface area contributed by atoms with Gasteiger partial charge in [0.1, 0.15) is 0 Å². The number of nitrogens with zero attached hydrogens (tertiary/aromatic N) is 2. The molecule has 1 fully saturated rings. The molecule has 1 radical (unpaired) electrons. The molecule has 2 rings (SSSR count). The van der Waals surface area contributed by atoms with Crippen molar-refractivity contribution in [3.8, 4) is 0 Å². The van der Waals surface area contributed by atoms with E-state index in [4.69, 9.17) is 0 Å². The summed E-state index contributed by atoms with van der Waals surface area (Å²) >= 11 is 0. The predicted molar refractivity (Wildman–Crippen MR) is 70.2 cm³/mol.